The van der Waals surface area contributed by atoms with Crippen LogP contribution >= 0.6 is 0 Å². The monoisotopic (exact) mass is 334 g/mol. The van der Waals surface area contributed by atoms with Crippen molar-refractivity contribution in [1.29, 1.82) is 0 Å². The van der Waals surface area contributed by atoms with Gasteiger partial charge in [-0.1, -0.05) is 6.92 Å². The van der Waals surface area contributed by atoms with Gasteiger partial charge < -0.3 is 14.4 Å². The molecule has 24 heavy (non-hydrogen) atoms. The molecule has 2 fully saturated rings. The number of carbonyl (C=O) groups excluding carboxylic acids is 1. The van der Waals surface area contributed by atoms with Crippen LogP contribution in [0.25, 0.3) is 0 Å². The molecule has 1 aliphatic heterocycles. The summed E-state index contributed by atoms with van der Waals surface area (Å²) in [6, 6.07) is 4.10. The molecule has 1 aromatic rings. The lowest BCUT2D eigenvalue weighted by atomic mass is 10.1. The third kappa shape index (κ3) is 4.61. The maximum absolute atomic E-state index is 12.4. The average Bonchev–Trinajstić information content (AvgIpc) is 3.06. The molecule has 0 unspecified atom stereocenters. The zero-order valence-electron chi connectivity index (χ0n) is 15.1. The molecule has 5 heteroatoms. The van der Waals surface area contributed by atoms with Gasteiger partial charge in [-0.3, -0.25) is 9.69 Å². The van der Waals surface area contributed by atoms with Gasteiger partial charge in [0, 0.05) is 51.5 Å². The first-order valence-corrected chi connectivity index (χ1v) is 9.13. The number of β-amino-alcohol motifs (C(OH)–C–C–N with tert-alkyl or cyclic N) is 1. The molecule has 2 heterocycles. The van der Waals surface area contributed by atoms with E-state index in [9.17, 15) is 9.90 Å². The van der Waals surface area contributed by atoms with Crippen molar-refractivity contribution in [3.63, 3.8) is 0 Å². The van der Waals surface area contributed by atoms with Crippen LogP contribution < -0.4 is 0 Å². The number of hydrogen-bond donors (Lipinski definition) is 1. The molecule has 0 radical (unpaired) electrons. The van der Waals surface area contributed by atoms with Crippen molar-refractivity contribution in [3.05, 3.63) is 23.7 Å². The summed E-state index contributed by atoms with van der Waals surface area (Å²) in [7, 11) is 0. The van der Waals surface area contributed by atoms with E-state index in [2.05, 4.69) is 17.9 Å². The van der Waals surface area contributed by atoms with Gasteiger partial charge in [0.2, 0.25) is 5.91 Å². The highest BCUT2D eigenvalue weighted by Crippen LogP contribution is 2.47. The van der Waals surface area contributed by atoms with Gasteiger partial charge in [0.05, 0.1) is 5.60 Å². The molecule has 0 bridgehead atoms. The van der Waals surface area contributed by atoms with Gasteiger partial charge in [-0.15, -0.1) is 0 Å². The largest absolute Gasteiger partial charge is 0.466 e. The van der Waals surface area contributed by atoms with Gasteiger partial charge in [-0.05, 0) is 38.3 Å². The molecule has 134 valence electrons. The van der Waals surface area contributed by atoms with E-state index in [1.165, 1.54) is 6.42 Å². The molecule has 1 N–H and O–H groups in total. The maximum Gasteiger partial charge on any atom is 0.223 e. The quantitative estimate of drug-likeness (QED) is 0.867. The first-order chi connectivity index (χ1) is 11.3. The summed E-state index contributed by atoms with van der Waals surface area (Å²) < 4.78 is 5.88. The number of furan rings is 1. The minimum absolute atomic E-state index is 0.204. The van der Waals surface area contributed by atoms with Crippen LogP contribution in [-0.2, 0) is 11.2 Å². The SMILES string of the molecule is C[C@H]1C[C@H]1c1ccc(CCC(=O)N2CCN(CC(C)(C)O)CC2)o1. The summed E-state index contributed by atoms with van der Waals surface area (Å²) in [6.07, 6.45) is 2.42. The number of hydrogen-bond acceptors (Lipinski definition) is 4. The van der Waals surface area contributed by atoms with E-state index in [1.54, 1.807) is 0 Å². The van der Waals surface area contributed by atoms with Gasteiger partial charge in [-0.2, -0.15) is 0 Å². The number of nitrogens with zero attached hydrogens (tertiary/aromatic N) is 2. The van der Waals surface area contributed by atoms with Gasteiger partial charge in [0.25, 0.3) is 0 Å². The standard InChI is InChI=1S/C19H30N2O3/c1-14-12-16(14)17-6-4-15(24-17)5-7-18(22)21-10-8-20(9-11-21)13-19(2,3)23/h4,6,14,16,23H,5,7-13H2,1-3H3/t14-,16+/m0/s1. The smallest absolute Gasteiger partial charge is 0.223 e. The van der Waals surface area contributed by atoms with Crippen molar-refractivity contribution in [3.8, 4) is 0 Å². The van der Waals surface area contributed by atoms with Crippen LogP contribution in [0.1, 0.15) is 51.1 Å². The van der Waals surface area contributed by atoms with E-state index < -0.39 is 5.60 Å². The Morgan fingerprint density at radius 1 is 1.29 bits per heavy atom. The summed E-state index contributed by atoms with van der Waals surface area (Å²) >= 11 is 0. The van der Waals surface area contributed by atoms with E-state index >= 15 is 0 Å². The van der Waals surface area contributed by atoms with E-state index in [1.807, 2.05) is 24.8 Å². The topological polar surface area (TPSA) is 56.9 Å². The molecule has 0 spiro atoms. The first kappa shape index (κ1) is 17.5. The van der Waals surface area contributed by atoms with E-state index in [-0.39, 0.29) is 5.91 Å². The molecule has 1 aliphatic carbocycles. The lowest BCUT2D eigenvalue weighted by Crippen LogP contribution is -2.52. The zero-order chi connectivity index (χ0) is 17.3. The van der Waals surface area contributed by atoms with Crippen LogP contribution in [0.15, 0.2) is 16.5 Å². The second-order valence-corrected chi connectivity index (χ2v) is 8.09. The number of rotatable bonds is 6. The highest BCUT2D eigenvalue weighted by Gasteiger charge is 2.36. The second-order valence-electron chi connectivity index (χ2n) is 8.09. The predicted molar refractivity (Wildman–Crippen MR) is 92.9 cm³/mol. The van der Waals surface area contributed by atoms with Gasteiger partial charge >= 0.3 is 0 Å². The van der Waals surface area contributed by atoms with Crippen LogP contribution in [-0.4, -0.2) is 59.1 Å². The van der Waals surface area contributed by atoms with Crippen LogP contribution in [0, 0.1) is 5.92 Å². The summed E-state index contributed by atoms with van der Waals surface area (Å²) in [5.41, 5.74) is -0.678. The Labute approximate surface area is 144 Å². The fourth-order valence-corrected chi connectivity index (χ4v) is 3.54. The van der Waals surface area contributed by atoms with Crippen LogP contribution in [0.2, 0.25) is 0 Å². The second kappa shape index (κ2) is 6.89. The van der Waals surface area contributed by atoms with Gasteiger partial charge in [0.1, 0.15) is 11.5 Å². The summed E-state index contributed by atoms with van der Waals surface area (Å²) in [5, 5.41) is 9.88. The van der Waals surface area contributed by atoms with Crippen molar-refractivity contribution >= 4 is 5.91 Å². The Balaban J connectivity index is 1.40. The molecule has 1 amide bonds. The molecule has 5 nitrogen and oxygen atoms in total. The molecule has 3 rings (SSSR count). The van der Waals surface area contributed by atoms with Crippen molar-refractivity contribution in [1.82, 2.24) is 9.80 Å². The Morgan fingerprint density at radius 2 is 1.96 bits per heavy atom. The molecule has 2 aliphatic rings. The van der Waals surface area contributed by atoms with Gasteiger partial charge in [0.15, 0.2) is 0 Å². The van der Waals surface area contributed by atoms with Crippen LogP contribution in [0.4, 0.5) is 0 Å². The van der Waals surface area contributed by atoms with Crippen molar-refractivity contribution in [2.75, 3.05) is 32.7 Å². The number of amides is 1. The Hall–Kier alpha value is -1.33. The van der Waals surface area contributed by atoms with E-state index in [0.717, 1.165) is 43.6 Å². The lowest BCUT2D eigenvalue weighted by Gasteiger charge is -2.37. The van der Waals surface area contributed by atoms with E-state index in [0.29, 0.717) is 25.3 Å². The van der Waals surface area contributed by atoms with Gasteiger partial charge in [-0.25, -0.2) is 0 Å². The molecule has 2 atom stereocenters. The van der Waals surface area contributed by atoms with E-state index in [4.69, 9.17) is 4.42 Å². The third-order valence-electron chi connectivity index (χ3n) is 5.08. The Morgan fingerprint density at radius 3 is 2.54 bits per heavy atom. The maximum atomic E-state index is 12.4. The summed E-state index contributed by atoms with van der Waals surface area (Å²) in [6.45, 7) is 9.71. The Bertz CT molecular complexity index is 567. The lowest BCUT2D eigenvalue weighted by molar-refractivity contribution is -0.133. The molecule has 0 aromatic carbocycles. The van der Waals surface area contributed by atoms with Crippen LogP contribution in [0.3, 0.4) is 0 Å². The highest BCUT2D eigenvalue weighted by molar-refractivity contribution is 5.76. The molecular formula is C19H30N2O3. The molecular weight excluding hydrogens is 304 g/mol. The number of aryl methyl sites for hydroxylation is 1. The Kier molecular flexibility index (Phi) is 5.02. The normalized spacial score (nSPS) is 25.1. The predicted octanol–water partition coefficient (Wildman–Crippen LogP) is 2.25. The number of carbonyl (C=O) groups is 1. The average molecular weight is 334 g/mol. The molecule has 1 aromatic heterocycles. The number of piperazine rings is 1. The zero-order valence-corrected chi connectivity index (χ0v) is 15.1. The van der Waals surface area contributed by atoms with Crippen molar-refractivity contribution < 1.29 is 14.3 Å². The molecule has 1 saturated carbocycles. The highest BCUT2D eigenvalue weighted by atomic mass is 16.3. The first-order valence-electron chi connectivity index (χ1n) is 9.13. The third-order valence-corrected chi connectivity index (χ3v) is 5.08. The van der Waals surface area contributed by atoms with Crippen LogP contribution in [0.5, 0.6) is 0 Å². The molecule has 1 saturated heterocycles. The summed E-state index contributed by atoms with van der Waals surface area (Å²) in [5.74, 6) is 3.56. The summed E-state index contributed by atoms with van der Waals surface area (Å²) in [4.78, 5) is 16.5. The fourth-order valence-electron chi connectivity index (χ4n) is 3.54. The minimum atomic E-state index is -0.678. The van der Waals surface area contributed by atoms with Crippen molar-refractivity contribution in [2.24, 2.45) is 5.92 Å². The number of aliphatic hydroxyl groups is 1. The fraction of sp³-hybridized carbons (Fsp3) is 0.737. The van der Waals surface area contributed by atoms with Crippen molar-refractivity contribution in [2.45, 2.75) is 51.6 Å². The minimum Gasteiger partial charge on any atom is -0.466 e.